The summed E-state index contributed by atoms with van der Waals surface area (Å²) in [7, 11) is 0. The maximum atomic E-state index is 13.6. The molecule has 0 fully saturated rings. The molecule has 0 saturated carbocycles. The molecule has 0 aliphatic carbocycles. The van der Waals surface area contributed by atoms with Gasteiger partial charge in [-0.15, -0.1) is 11.3 Å². The van der Waals surface area contributed by atoms with E-state index in [1.807, 2.05) is 47.8 Å². The number of carbonyl (C=O) groups excluding carboxylic acids is 1. The summed E-state index contributed by atoms with van der Waals surface area (Å²) in [6.45, 7) is 2.64. The van der Waals surface area contributed by atoms with Gasteiger partial charge in [0.25, 0.3) is 5.91 Å². The molecule has 0 aliphatic heterocycles. The highest BCUT2D eigenvalue weighted by Crippen LogP contribution is 2.29. The first kappa shape index (κ1) is 28.4. The number of benzene rings is 4. The van der Waals surface area contributed by atoms with Crippen LogP contribution in [0.15, 0.2) is 121 Å². The Balaban J connectivity index is 1.27. The first-order chi connectivity index (χ1) is 20.1. The summed E-state index contributed by atoms with van der Waals surface area (Å²) in [4.78, 5) is 19.8. The van der Waals surface area contributed by atoms with Crippen LogP contribution in [0, 0.1) is 5.82 Å². The van der Waals surface area contributed by atoms with E-state index in [-0.39, 0.29) is 17.6 Å². The number of thiazole rings is 1. The summed E-state index contributed by atoms with van der Waals surface area (Å²) in [6, 6.07) is 38.0. The van der Waals surface area contributed by atoms with Crippen LogP contribution in [0.1, 0.15) is 50.1 Å². The number of carbonyl (C=O) groups is 1. The minimum absolute atomic E-state index is 0.151. The van der Waals surface area contributed by atoms with Crippen LogP contribution in [0.25, 0.3) is 0 Å². The van der Waals surface area contributed by atoms with Gasteiger partial charge in [-0.3, -0.25) is 9.69 Å². The number of nitrogens with one attached hydrogen (secondary N) is 1. The highest BCUT2D eigenvalue weighted by molar-refractivity contribution is 7.09. The monoisotopic (exact) mass is 563 g/mol. The maximum absolute atomic E-state index is 13.6. The molecule has 1 heterocycles. The lowest BCUT2D eigenvalue weighted by atomic mass is 9.88. The molecule has 0 spiro atoms. The Morgan fingerprint density at radius 3 is 2.02 bits per heavy atom. The number of hydrogen-bond donors (Lipinski definition) is 1. The van der Waals surface area contributed by atoms with Crippen molar-refractivity contribution in [3.05, 3.63) is 159 Å². The van der Waals surface area contributed by atoms with Crippen LogP contribution in [-0.4, -0.2) is 28.9 Å². The van der Waals surface area contributed by atoms with E-state index in [0.29, 0.717) is 25.3 Å². The lowest BCUT2D eigenvalue weighted by Gasteiger charge is -2.25. The van der Waals surface area contributed by atoms with Crippen molar-refractivity contribution in [2.75, 3.05) is 13.1 Å². The fourth-order valence-electron chi connectivity index (χ4n) is 5.00. The first-order valence-electron chi connectivity index (χ1n) is 14.0. The van der Waals surface area contributed by atoms with E-state index in [1.165, 1.54) is 40.2 Å². The van der Waals surface area contributed by atoms with Gasteiger partial charge < -0.3 is 5.32 Å². The Labute approximate surface area is 245 Å². The van der Waals surface area contributed by atoms with Crippen LogP contribution in [0.2, 0.25) is 0 Å². The van der Waals surface area contributed by atoms with E-state index >= 15 is 0 Å². The molecule has 0 radical (unpaired) electrons. The van der Waals surface area contributed by atoms with Crippen molar-refractivity contribution in [3.63, 3.8) is 0 Å². The van der Waals surface area contributed by atoms with Gasteiger partial charge >= 0.3 is 0 Å². The topological polar surface area (TPSA) is 45.2 Å². The molecule has 4 aromatic carbocycles. The standard InChI is InChI=1S/C35H34FN3OS/c36-31-18-16-28(17-19-31)24-39(23-21-32(29-12-6-2-7-13-29)30-14-8-3-9-15-30)25-34-38-33(26-41-34)35(40)37-22-20-27-10-4-1-5-11-27/h1-19,26,32H,20-25H2,(H,37,40). The fourth-order valence-corrected chi connectivity index (χ4v) is 5.82. The Hall–Kier alpha value is -4.13. The second-order valence-electron chi connectivity index (χ2n) is 10.1. The molecule has 0 saturated heterocycles. The predicted octanol–water partition coefficient (Wildman–Crippen LogP) is 7.48. The third kappa shape index (κ3) is 8.43. The zero-order valence-corrected chi connectivity index (χ0v) is 23.8. The summed E-state index contributed by atoms with van der Waals surface area (Å²) in [5.74, 6) is -0.145. The zero-order valence-electron chi connectivity index (χ0n) is 23.0. The molecule has 41 heavy (non-hydrogen) atoms. The van der Waals surface area contributed by atoms with Crippen LogP contribution in [0.4, 0.5) is 4.39 Å². The first-order valence-corrected chi connectivity index (χ1v) is 14.9. The Bertz CT molecular complexity index is 1450. The normalized spacial score (nSPS) is 11.2. The van der Waals surface area contributed by atoms with Crippen molar-refractivity contribution in [3.8, 4) is 0 Å². The predicted molar refractivity (Wildman–Crippen MR) is 164 cm³/mol. The molecular formula is C35H34FN3OS. The summed E-state index contributed by atoms with van der Waals surface area (Å²) >= 11 is 1.50. The largest absolute Gasteiger partial charge is 0.350 e. The Morgan fingerprint density at radius 1 is 0.780 bits per heavy atom. The van der Waals surface area contributed by atoms with E-state index in [1.54, 1.807) is 0 Å². The molecule has 1 aromatic heterocycles. The highest BCUT2D eigenvalue weighted by Gasteiger charge is 2.18. The summed E-state index contributed by atoms with van der Waals surface area (Å²) in [5, 5.41) is 5.71. The van der Waals surface area contributed by atoms with E-state index in [9.17, 15) is 9.18 Å². The molecule has 0 bridgehead atoms. The zero-order chi connectivity index (χ0) is 28.3. The number of rotatable bonds is 13. The highest BCUT2D eigenvalue weighted by atomic mass is 32.1. The van der Waals surface area contributed by atoms with Crippen molar-refractivity contribution < 1.29 is 9.18 Å². The average molecular weight is 564 g/mol. The van der Waals surface area contributed by atoms with Gasteiger partial charge in [-0.1, -0.05) is 103 Å². The van der Waals surface area contributed by atoms with Crippen LogP contribution < -0.4 is 5.32 Å². The van der Waals surface area contributed by atoms with Gasteiger partial charge in [-0.05, 0) is 53.8 Å². The van der Waals surface area contributed by atoms with Crippen LogP contribution in [0.5, 0.6) is 0 Å². The smallest absolute Gasteiger partial charge is 0.270 e. The lowest BCUT2D eigenvalue weighted by molar-refractivity contribution is 0.0949. The Kier molecular flexibility index (Phi) is 10.0. The molecule has 1 N–H and O–H groups in total. The van der Waals surface area contributed by atoms with Gasteiger partial charge in [-0.25, -0.2) is 9.37 Å². The molecular weight excluding hydrogens is 529 g/mol. The molecule has 5 aromatic rings. The van der Waals surface area contributed by atoms with Crippen molar-refractivity contribution in [1.29, 1.82) is 0 Å². The van der Waals surface area contributed by atoms with Gasteiger partial charge in [0.15, 0.2) is 0 Å². The second-order valence-corrected chi connectivity index (χ2v) is 11.1. The molecule has 0 unspecified atom stereocenters. The van der Waals surface area contributed by atoms with Gasteiger partial charge in [0.05, 0.1) is 6.54 Å². The molecule has 208 valence electrons. The number of nitrogens with zero attached hydrogens (tertiary/aromatic N) is 2. The molecule has 0 aliphatic rings. The van der Waals surface area contributed by atoms with Crippen molar-refractivity contribution in [1.82, 2.24) is 15.2 Å². The Morgan fingerprint density at radius 2 is 1.39 bits per heavy atom. The molecule has 4 nitrogen and oxygen atoms in total. The minimum Gasteiger partial charge on any atom is -0.350 e. The number of amides is 1. The second kappa shape index (κ2) is 14.5. The van der Waals surface area contributed by atoms with E-state index in [0.717, 1.165) is 30.0 Å². The minimum atomic E-state index is -0.239. The lowest BCUT2D eigenvalue weighted by Crippen LogP contribution is -2.27. The van der Waals surface area contributed by atoms with Crippen molar-refractivity contribution in [2.45, 2.75) is 31.8 Å². The van der Waals surface area contributed by atoms with Gasteiger partial charge in [0, 0.05) is 24.4 Å². The van der Waals surface area contributed by atoms with E-state index < -0.39 is 0 Å². The summed E-state index contributed by atoms with van der Waals surface area (Å²) in [6.07, 6.45) is 1.69. The van der Waals surface area contributed by atoms with Crippen molar-refractivity contribution >= 4 is 17.2 Å². The van der Waals surface area contributed by atoms with Crippen LogP contribution in [0.3, 0.4) is 0 Å². The molecule has 6 heteroatoms. The molecule has 1 amide bonds. The van der Waals surface area contributed by atoms with Crippen LogP contribution >= 0.6 is 11.3 Å². The SMILES string of the molecule is O=C(NCCc1ccccc1)c1csc(CN(CCC(c2ccccc2)c2ccccc2)Cc2ccc(F)cc2)n1. The maximum Gasteiger partial charge on any atom is 0.270 e. The van der Waals surface area contributed by atoms with Crippen LogP contribution in [-0.2, 0) is 19.5 Å². The van der Waals surface area contributed by atoms with E-state index in [4.69, 9.17) is 0 Å². The third-order valence-electron chi connectivity index (χ3n) is 7.14. The number of aromatic nitrogens is 1. The van der Waals surface area contributed by atoms with E-state index in [2.05, 4.69) is 75.9 Å². The third-order valence-corrected chi connectivity index (χ3v) is 7.98. The van der Waals surface area contributed by atoms with Gasteiger partial charge in [-0.2, -0.15) is 0 Å². The molecule has 0 atom stereocenters. The number of hydrogen-bond acceptors (Lipinski definition) is 4. The van der Waals surface area contributed by atoms with Gasteiger partial charge in [0.1, 0.15) is 16.5 Å². The number of halogens is 1. The summed E-state index contributed by atoms with van der Waals surface area (Å²) < 4.78 is 13.6. The fraction of sp³-hybridized carbons (Fsp3) is 0.200. The van der Waals surface area contributed by atoms with Crippen molar-refractivity contribution in [2.24, 2.45) is 0 Å². The molecule has 5 rings (SSSR count). The van der Waals surface area contributed by atoms with Gasteiger partial charge in [0.2, 0.25) is 0 Å². The quantitative estimate of drug-likeness (QED) is 0.162. The summed E-state index contributed by atoms with van der Waals surface area (Å²) in [5.41, 5.74) is 5.24. The average Bonchev–Trinajstić information content (AvgIpc) is 3.48.